The summed E-state index contributed by atoms with van der Waals surface area (Å²) < 4.78 is 1.54. The Morgan fingerprint density at radius 3 is 3.00 bits per heavy atom. The van der Waals surface area contributed by atoms with Gasteiger partial charge in [-0.2, -0.15) is 0 Å². The van der Waals surface area contributed by atoms with Crippen molar-refractivity contribution in [1.29, 1.82) is 0 Å². The Labute approximate surface area is 170 Å². The Hall–Kier alpha value is -2.09. The van der Waals surface area contributed by atoms with Gasteiger partial charge in [-0.25, -0.2) is 4.98 Å². The van der Waals surface area contributed by atoms with Gasteiger partial charge in [0.1, 0.15) is 4.83 Å². The Morgan fingerprint density at radius 2 is 2.26 bits per heavy atom. The van der Waals surface area contributed by atoms with E-state index in [1.807, 2.05) is 18.4 Å². The average Bonchev–Trinajstić information content (AvgIpc) is 3.10. The monoisotopic (exact) mass is 419 g/mol. The predicted molar refractivity (Wildman–Crippen MR) is 114 cm³/mol. The molecule has 2 aromatic heterocycles. The van der Waals surface area contributed by atoms with Gasteiger partial charge in [-0.15, -0.1) is 17.9 Å². The summed E-state index contributed by atoms with van der Waals surface area (Å²) in [6.07, 6.45) is 1.64. The van der Waals surface area contributed by atoms with Gasteiger partial charge in [0.15, 0.2) is 5.16 Å². The number of thiophene rings is 1. The fourth-order valence-corrected chi connectivity index (χ4v) is 4.38. The van der Waals surface area contributed by atoms with E-state index in [0.29, 0.717) is 32.6 Å². The van der Waals surface area contributed by atoms with Crippen molar-refractivity contribution in [2.75, 3.05) is 5.32 Å². The van der Waals surface area contributed by atoms with Gasteiger partial charge in [-0.3, -0.25) is 14.2 Å². The molecule has 27 heavy (non-hydrogen) atoms. The maximum atomic E-state index is 12.7. The topological polar surface area (TPSA) is 64.0 Å². The molecule has 0 radical (unpaired) electrons. The van der Waals surface area contributed by atoms with Crippen molar-refractivity contribution >= 4 is 56.5 Å². The molecule has 0 aliphatic rings. The SMILES string of the molecule is C=CCn1c(SC(C)C(=O)Nc2cc(Cl)ccc2C)nc2sccc2c1=O. The Morgan fingerprint density at radius 1 is 1.48 bits per heavy atom. The molecule has 1 N–H and O–H groups in total. The highest BCUT2D eigenvalue weighted by molar-refractivity contribution is 8.00. The van der Waals surface area contributed by atoms with Crippen molar-refractivity contribution in [1.82, 2.24) is 9.55 Å². The maximum absolute atomic E-state index is 12.7. The molecular formula is C19H18ClN3O2S2. The number of rotatable bonds is 6. The molecule has 0 aliphatic carbocycles. The molecule has 1 atom stereocenters. The maximum Gasteiger partial charge on any atom is 0.263 e. The van der Waals surface area contributed by atoms with E-state index in [0.717, 1.165) is 5.56 Å². The number of allylic oxidation sites excluding steroid dienone is 1. The highest BCUT2D eigenvalue weighted by Gasteiger charge is 2.20. The first-order chi connectivity index (χ1) is 12.9. The number of nitrogens with zero attached hydrogens (tertiary/aromatic N) is 2. The normalized spacial score (nSPS) is 12.1. The number of hydrogen-bond donors (Lipinski definition) is 1. The zero-order chi connectivity index (χ0) is 19.6. The lowest BCUT2D eigenvalue weighted by atomic mass is 10.2. The number of anilines is 1. The zero-order valence-electron chi connectivity index (χ0n) is 14.9. The first kappa shape index (κ1) is 19.7. The third-order valence-electron chi connectivity index (χ3n) is 3.97. The zero-order valence-corrected chi connectivity index (χ0v) is 17.2. The molecule has 140 valence electrons. The quantitative estimate of drug-likeness (QED) is 0.356. The van der Waals surface area contributed by atoms with Gasteiger partial charge in [0.25, 0.3) is 5.56 Å². The van der Waals surface area contributed by atoms with Crippen LogP contribution in [0.1, 0.15) is 12.5 Å². The molecule has 0 fully saturated rings. The number of aromatic nitrogens is 2. The van der Waals surface area contributed by atoms with Crippen molar-refractivity contribution in [2.45, 2.75) is 30.8 Å². The highest BCUT2D eigenvalue weighted by atomic mass is 35.5. The van der Waals surface area contributed by atoms with Gasteiger partial charge in [0, 0.05) is 17.3 Å². The molecule has 0 saturated carbocycles. The van der Waals surface area contributed by atoms with Gasteiger partial charge < -0.3 is 5.32 Å². The van der Waals surface area contributed by atoms with Crippen LogP contribution < -0.4 is 10.9 Å². The van der Waals surface area contributed by atoms with Crippen molar-refractivity contribution < 1.29 is 4.79 Å². The summed E-state index contributed by atoms with van der Waals surface area (Å²) in [5.74, 6) is -0.184. The van der Waals surface area contributed by atoms with E-state index in [1.54, 1.807) is 35.8 Å². The summed E-state index contributed by atoms with van der Waals surface area (Å²) in [7, 11) is 0. The molecule has 1 unspecified atom stereocenters. The number of thioether (sulfide) groups is 1. The summed E-state index contributed by atoms with van der Waals surface area (Å²) in [5, 5.41) is 5.91. The highest BCUT2D eigenvalue weighted by Crippen LogP contribution is 2.26. The Bertz CT molecular complexity index is 1070. The molecular weight excluding hydrogens is 402 g/mol. The molecule has 0 bridgehead atoms. The molecule has 0 saturated heterocycles. The van der Waals surface area contributed by atoms with Crippen LogP contribution in [0.5, 0.6) is 0 Å². The van der Waals surface area contributed by atoms with E-state index < -0.39 is 5.25 Å². The van der Waals surface area contributed by atoms with E-state index in [2.05, 4.69) is 16.9 Å². The number of carbonyl (C=O) groups excluding carboxylic acids is 1. The smallest absolute Gasteiger partial charge is 0.263 e. The van der Waals surface area contributed by atoms with Crippen molar-refractivity contribution in [3.8, 4) is 0 Å². The van der Waals surface area contributed by atoms with Crippen LogP contribution in [0, 0.1) is 6.92 Å². The van der Waals surface area contributed by atoms with Gasteiger partial charge in [-0.05, 0) is 43.0 Å². The molecule has 0 aliphatic heterocycles. The number of fused-ring (bicyclic) bond motifs is 1. The average molecular weight is 420 g/mol. The molecule has 3 rings (SSSR count). The van der Waals surface area contributed by atoms with Crippen LogP contribution in [-0.2, 0) is 11.3 Å². The second-order valence-corrected chi connectivity index (χ2v) is 8.59. The standard InChI is InChI=1S/C19H18ClN3O2S2/c1-4-8-23-18(25)14-7-9-26-17(14)22-19(23)27-12(3)16(24)21-15-10-13(20)6-5-11(15)2/h4-7,9-10,12H,1,8H2,2-3H3,(H,21,24). The van der Waals surface area contributed by atoms with Gasteiger partial charge in [-0.1, -0.05) is 35.5 Å². The van der Waals surface area contributed by atoms with Crippen LogP contribution in [0.2, 0.25) is 5.02 Å². The van der Waals surface area contributed by atoms with Crippen LogP contribution in [-0.4, -0.2) is 20.7 Å². The predicted octanol–water partition coefficient (Wildman–Crippen LogP) is 4.73. The minimum Gasteiger partial charge on any atom is -0.325 e. The molecule has 0 spiro atoms. The number of carbonyl (C=O) groups is 1. The fraction of sp³-hybridized carbons (Fsp3) is 0.211. The summed E-state index contributed by atoms with van der Waals surface area (Å²) in [6, 6.07) is 7.11. The summed E-state index contributed by atoms with van der Waals surface area (Å²) >= 11 is 8.67. The molecule has 1 aromatic carbocycles. The van der Waals surface area contributed by atoms with Crippen molar-refractivity contribution in [3.05, 3.63) is 63.2 Å². The third kappa shape index (κ3) is 4.26. The lowest BCUT2D eigenvalue weighted by Gasteiger charge is -2.15. The van der Waals surface area contributed by atoms with E-state index in [4.69, 9.17) is 11.6 Å². The summed E-state index contributed by atoms with van der Waals surface area (Å²) in [6.45, 7) is 7.72. The molecule has 2 heterocycles. The molecule has 5 nitrogen and oxygen atoms in total. The number of nitrogens with one attached hydrogen (secondary N) is 1. The number of benzene rings is 1. The largest absolute Gasteiger partial charge is 0.325 e. The van der Waals surface area contributed by atoms with E-state index >= 15 is 0 Å². The lowest BCUT2D eigenvalue weighted by molar-refractivity contribution is -0.115. The summed E-state index contributed by atoms with van der Waals surface area (Å²) in [4.78, 5) is 30.6. The van der Waals surface area contributed by atoms with Crippen LogP contribution in [0.15, 0.2) is 52.3 Å². The first-order valence-corrected chi connectivity index (χ1v) is 10.4. The van der Waals surface area contributed by atoms with E-state index in [-0.39, 0.29) is 11.5 Å². The molecule has 1 amide bonds. The molecule has 8 heteroatoms. The van der Waals surface area contributed by atoms with Gasteiger partial charge >= 0.3 is 0 Å². The minimum atomic E-state index is -0.455. The number of hydrogen-bond acceptors (Lipinski definition) is 5. The Kier molecular flexibility index (Phi) is 6.04. The fourth-order valence-electron chi connectivity index (χ4n) is 2.49. The van der Waals surface area contributed by atoms with Crippen LogP contribution >= 0.6 is 34.7 Å². The number of amides is 1. The first-order valence-electron chi connectivity index (χ1n) is 8.23. The number of aryl methyl sites for hydroxylation is 1. The van der Waals surface area contributed by atoms with Crippen LogP contribution in [0.3, 0.4) is 0 Å². The number of halogens is 1. The second kappa shape index (κ2) is 8.29. The van der Waals surface area contributed by atoms with Crippen molar-refractivity contribution in [2.24, 2.45) is 0 Å². The second-order valence-electron chi connectivity index (χ2n) is 5.95. The Balaban J connectivity index is 1.86. The van der Waals surface area contributed by atoms with Crippen LogP contribution in [0.25, 0.3) is 10.2 Å². The van der Waals surface area contributed by atoms with Gasteiger partial charge in [0.2, 0.25) is 5.91 Å². The third-order valence-corrected chi connectivity index (χ3v) is 6.10. The van der Waals surface area contributed by atoms with Gasteiger partial charge in [0.05, 0.1) is 10.6 Å². The van der Waals surface area contributed by atoms with E-state index in [1.165, 1.54) is 23.1 Å². The minimum absolute atomic E-state index is 0.123. The summed E-state index contributed by atoms with van der Waals surface area (Å²) in [5.41, 5.74) is 1.47. The van der Waals surface area contributed by atoms with Crippen molar-refractivity contribution in [3.63, 3.8) is 0 Å². The van der Waals surface area contributed by atoms with Crippen LogP contribution in [0.4, 0.5) is 5.69 Å². The van der Waals surface area contributed by atoms with E-state index in [9.17, 15) is 9.59 Å². The lowest BCUT2D eigenvalue weighted by Crippen LogP contribution is -2.26. The molecule has 3 aromatic rings.